The van der Waals surface area contributed by atoms with Crippen molar-refractivity contribution < 1.29 is 4.79 Å². The van der Waals surface area contributed by atoms with Gasteiger partial charge in [-0.2, -0.15) is 0 Å². The minimum Gasteiger partial charge on any atom is -0.393 e. The number of hydrogen-bond acceptors (Lipinski definition) is 3. The van der Waals surface area contributed by atoms with E-state index in [1.54, 1.807) is 11.9 Å². The van der Waals surface area contributed by atoms with E-state index in [0.717, 1.165) is 5.92 Å². The molecule has 0 heterocycles. The van der Waals surface area contributed by atoms with Crippen molar-refractivity contribution in [2.24, 2.45) is 11.7 Å². The van der Waals surface area contributed by atoms with Crippen LogP contribution in [0.4, 0.5) is 0 Å². The number of nitrogens with two attached hydrogens (primary N) is 1. The molecular formula is C12H23N3OS. The van der Waals surface area contributed by atoms with E-state index < -0.39 is 0 Å². The Morgan fingerprint density at radius 2 is 2.06 bits per heavy atom. The fourth-order valence-corrected chi connectivity index (χ4v) is 1.91. The number of amides is 1. The second-order valence-corrected chi connectivity index (χ2v) is 5.55. The molecule has 0 saturated heterocycles. The zero-order chi connectivity index (χ0) is 13.0. The van der Waals surface area contributed by atoms with E-state index in [4.69, 9.17) is 18.0 Å². The minimum atomic E-state index is 0.135. The van der Waals surface area contributed by atoms with Crippen molar-refractivity contribution in [2.45, 2.75) is 32.2 Å². The van der Waals surface area contributed by atoms with Crippen molar-refractivity contribution in [3.8, 4) is 0 Å². The third-order valence-corrected chi connectivity index (χ3v) is 3.71. The highest BCUT2D eigenvalue weighted by molar-refractivity contribution is 7.80. The van der Waals surface area contributed by atoms with Gasteiger partial charge in [-0.3, -0.25) is 9.69 Å². The van der Waals surface area contributed by atoms with E-state index >= 15 is 0 Å². The first-order valence-electron chi connectivity index (χ1n) is 6.14. The molecule has 1 amide bonds. The van der Waals surface area contributed by atoms with Gasteiger partial charge in [0.05, 0.1) is 11.5 Å². The first-order chi connectivity index (χ1) is 7.91. The van der Waals surface area contributed by atoms with E-state index in [1.807, 2.05) is 7.05 Å². The van der Waals surface area contributed by atoms with Gasteiger partial charge in [0.1, 0.15) is 0 Å². The number of thiocarbonyl (C=S) groups is 1. The fourth-order valence-electron chi connectivity index (χ4n) is 1.82. The molecule has 0 spiro atoms. The number of nitrogens with zero attached hydrogens (tertiary/aromatic N) is 2. The SMILES string of the molecule is CC(C1CC1)N(C)CC(=O)N(C)CCC(N)=S. The van der Waals surface area contributed by atoms with Gasteiger partial charge in [0, 0.05) is 26.1 Å². The molecule has 4 nitrogen and oxygen atoms in total. The lowest BCUT2D eigenvalue weighted by atomic mass is 10.2. The molecule has 1 unspecified atom stereocenters. The van der Waals surface area contributed by atoms with E-state index in [0.29, 0.717) is 30.5 Å². The highest BCUT2D eigenvalue weighted by atomic mass is 32.1. The summed E-state index contributed by atoms with van der Waals surface area (Å²) in [5.41, 5.74) is 5.42. The number of carbonyl (C=O) groups excluding carboxylic acids is 1. The lowest BCUT2D eigenvalue weighted by Crippen LogP contribution is -2.41. The molecule has 0 bridgehead atoms. The third-order valence-electron chi connectivity index (χ3n) is 3.50. The quantitative estimate of drug-likeness (QED) is 0.687. The van der Waals surface area contributed by atoms with Crippen molar-refractivity contribution in [3.05, 3.63) is 0 Å². The van der Waals surface area contributed by atoms with Crippen LogP contribution in [0.2, 0.25) is 0 Å². The minimum absolute atomic E-state index is 0.135. The second-order valence-electron chi connectivity index (χ2n) is 5.02. The number of carbonyl (C=O) groups is 1. The average Bonchev–Trinajstić information content (AvgIpc) is 3.08. The maximum atomic E-state index is 11.9. The van der Waals surface area contributed by atoms with Crippen molar-refractivity contribution in [2.75, 3.05) is 27.2 Å². The smallest absolute Gasteiger partial charge is 0.236 e. The zero-order valence-corrected chi connectivity index (χ0v) is 11.8. The molecule has 2 N–H and O–H groups in total. The Hall–Kier alpha value is -0.680. The predicted octanol–water partition coefficient (Wildman–Crippen LogP) is 0.851. The van der Waals surface area contributed by atoms with Crippen molar-refractivity contribution in [1.29, 1.82) is 0 Å². The Morgan fingerprint density at radius 3 is 2.53 bits per heavy atom. The lowest BCUT2D eigenvalue weighted by molar-refractivity contribution is -0.131. The zero-order valence-electron chi connectivity index (χ0n) is 11.0. The van der Waals surface area contributed by atoms with Crippen LogP contribution in [0.5, 0.6) is 0 Å². The van der Waals surface area contributed by atoms with Crippen LogP contribution in [-0.2, 0) is 4.79 Å². The highest BCUT2D eigenvalue weighted by Crippen LogP contribution is 2.34. The summed E-state index contributed by atoms with van der Waals surface area (Å²) >= 11 is 4.80. The van der Waals surface area contributed by atoms with Gasteiger partial charge in [-0.15, -0.1) is 0 Å². The largest absolute Gasteiger partial charge is 0.393 e. The van der Waals surface area contributed by atoms with Gasteiger partial charge >= 0.3 is 0 Å². The van der Waals surface area contributed by atoms with Crippen molar-refractivity contribution in [3.63, 3.8) is 0 Å². The maximum absolute atomic E-state index is 11.9. The molecule has 0 aromatic rings. The first kappa shape index (κ1) is 14.4. The summed E-state index contributed by atoms with van der Waals surface area (Å²) < 4.78 is 0. The molecule has 0 radical (unpaired) electrons. The topological polar surface area (TPSA) is 49.6 Å². The van der Waals surface area contributed by atoms with E-state index in [1.165, 1.54) is 12.8 Å². The molecule has 1 atom stereocenters. The molecular weight excluding hydrogens is 234 g/mol. The molecule has 1 aliphatic carbocycles. The van der Waals surface area contributed by atoms with Crippen LogP contribution in [0.15, 0.2) is 0 Å². The van der Waals surface area contributed by atoms with E-state index in [-0.39, 0.29) is 5.91 Å². The summed E-state index contributed by atoms with van der Waals surface area (Å²) in [5.74, 6) is 0.922. The monoisotopic (exact) mass is 257 g/mol. The Morgan fingerprint density at radius 1 is 1.47 bits per heavy atom. The molecule has 17 heavy (non-hydrogen) atoms. The van der Waals surface area contributed by atoms with Crippen LogP contribution >= 0.6 is 12.2 Å². The standard InChI is InChI=1S/C12H23N3OS/c1-9(10-4-5-10)15(3)8-12(16)14(2)7-6-11(13)17/h9-10H,4-8H2,1-3H3,(H2,13,17). The Labute approximate surface area is 109 Å². The molecule has 98 valence electrons. The van der Waals surface area contributed by atoms with Gasteiger partial charge in [-0.05, 0) is 32.7 Å². The normalized spacial score (nSPS) is 16.9. The molecule has 1 aliphatic rings. The summed E-state index contributed by atoms with van der Waals surface area (Å²) in [7, 11) is 3.82. The van der Waals surface area contributed by atoms with E-state index in [9.17, 15) is 4.79 Å². The lowest BCUT2D eigenvalue weighted by Gasteiger charge is -2.26. The maximum Gasteiger partial charge on any atom is 0.236 e. The molecule has 1 fully saturated rings. The average molecular weight is 257 g/mol. The summed E-state index contributed by atoms with van der Waals surface area (Å²) in [6.07, 6.45) is 3.20. The van der Waals surface area contributed by atoms with Gasteiger partial charge in [0.15, 0.2) is 0 Å². The van der Waals surface area contributed by atoms with Gasteiger partial charge in [-0.25, -0.2) is 0 Å². The molecule has 0 aromatic carbocycles. The van der Waals surface area contributed by atoms with Crippen LogP contribution < -0.4 is 5.73 Å². The van der Waals surface area contributed by atoms with Crippen molar-refractivity contribution >= 4 is 23.1 Å². The predicted molar refractivity (Wildman–Crippen MR) is 73.9 cm³/mol. The molecule has 5 heteroatoms. The second kappa shape index (κ2) is 6.31. The number of hydrogen-bond donors (Lipinski definition) is 1. The number of likely N-dealkylation sites (N-methyl/N-ethyl adjacent to an activating group) is 2. The summed E-state index contributed by atoms with van der Waals surface area (Å²) in [4.78, 5) is 16.2. The van der Waals surface area contributed by atoms with Crippen LogP contribution in [-0.4, -0.2) is 53.9 Å². The summed E-state index contributed by atoms with van der Waals surface area (Å²) in [5, 5.41) is 0. The van der Waals surface area contributed by atoms with Gasteiger partial charge in [0.2, 0.25) is 5.91 Å². The third kappa shape index (κ3) is 5.00. The fraction of sp³-hybridized carbons (Fsp3) is 0.833. The van der Waals surface area contributed by atoms with Gasteiger partial charge < -0.3 is 10.6 Å². The Kier molecular flexibility index (Phi) is 5.33. The highest BCUT2D eigenvalue weighted by Gasteiger charge is 2.31. The van der Waals surface area contributed by atoms with Gasteiger partial charge in [0.25, 0.3) is 0 Å². The van der Waals surface area contributed by atoms with E-state index in [2.05, 4.69) is 11.8 Å². The first-order valence-corrected chi connectivity index (χ1v) is 6.55. The molecule has 0 aromatic heterocycles. The molecule has 0 aliphatic heterocycles. The van der Waals surface area contributed by atoms with Crippen LogP contribution in [0.25, 0.3) is 0 Å². The van der Waals surface area contributed by atoms with Crippen LogP contribution in [0, 0.1) is 5.92 Å². The summed E-state index contributed by atoms with van der Waals surface area (Å²) in [6, 6.07) is 0.503. The summed E-state index contributed by atoms with van der Waals surface area (Å²) in [6.45, 7) is 3.28. The van der Waals surface area contributed by atoms with Crippen LogP contribution in [0.1, 0.15) is 26.2 Å². The molecule has 1 rings (SSSR count). The molecule has 1 saturated carbocycles. The Balaban J connectivity index is 2.28. The Bertz CT molecular complexity index is 291. The van der Waals surface area contributed by atoms with Crippen LogP contribution in [0.3, 0.4) is 0 Å². The van der Waals surface area contributed by atoms with Gasteiger partial charge in [-0.1, -0.05) is 12.2 Å². The number of rotatable bonds is 7. The van der Waals surface area contributed by atoms with Crippen molar-refractivity contribution in [1.82, 2.24) is 9.80 Å².